The van der Waals surface area contributed by atoms with E-state index in [0.717, 1.165) is 36.8 Å². The van der Waals surface area contributed by atoms with Gasteiger partial charge in [-0.25, -0.2) is 0 Å². The Balaban J connectivity index is 1.89. The molecule has 1 aliphatic carbocycles. The molecule has 1 saturated carbocycles. The van der Waals surface area contributed by atoms with Crippen LogP contribution in [-0.2, 0) is 23.1 Å². The Morgan fingerprint density at radius 3 is 2.89 bits per heavy atom. The third-order valence-corrected chi connectivity index (χ3v) is 5.35. The van der Waals surface area contributed by atoms with E-state index in [1.54, 1.807) is 0 Å². The van der Waals surface area contributed by atoms with Gasteiger partial charge in [-0.05, 0) is 37.9 Å². The third kappa shape index (κ3) is 3.69. The van der Waals surface area contributed by atoms with Gasteiger partial charge in [-0.3, -0.25) is 4.21 Å². The first kappa shape index (κ1) is 13.8. The molecular weight excluding hydrogens is 246 g/mol. The van der Waals surface area contributed by atoms with Crippen LogP contribution in [-0.4, -0.2) is 16.5 Å². The maximum atomic E-state index is 12.3. The summed E-state index contributed by atoms with van der Waals surface area (Å²) in [6.45, 7) is 2.99. The van der Waals surface area contributed by atoms with Crippen molar-refractivity contribution in [1.82, 2.24) is 5.32 Å². The zero-order valence-corrected chi connectivity index (χ0v) is 12.1. The van der Waals surface area contributed by atoms with Crippen LogP contribution in [0.15, 0.2) is 16.5 Å². The molecule has 0 amide bonds. The van der Waals surface area contributed by atoms with E-state index in [1.165, 1.54) is 12.8 Å². The smallest absolute Gasteiger partial charge is 0.117 e. The average Bonchev–Trinajstić information content (AvgIpc) is 2.77. The molecule has 3 nitrogen and oxygen atoms in total. The van der Waals surface area contributed by atoms with Gasteiger partial charge in [0.2, 0.25) is 0 Å². The van der Waals surface area contributed by atoms with Gasteiger partial charge in [0.1, 0.15) is 11.5 Å². The van der Waals surface area contributed by atoms with Crippen LogP contribution in [0.5, 0.6) is 0 Å². The lowest BCUT2D eigenvalue weighted by Crippen LogP contribution is -2.23. The molecule has 3 atom stereocenters. The molecule has 0 aliphatic heterocycles. The molecule has 1 aromatic heterocycles. The average molecular weight is 269 g/mol. The Bertz CT molecular complexity index is 402. The summed E-state index contributed by atoms with van der Waals surface area (Å²) in [6.07, 6.45) is 4.74. The quantitative estimate of drug-likeness (QED) is 0.893. The van der Waals surface area contributed by atoms with Gasteiger partial charge >= 0.3 is 0 Å². The van der Waals surface area contributed by atoms with Crippen molar-refractivity contribution in [1.29, 1.82) is 0 Å². The number of rotatable bonds is 5. The monoisotopic (exact) mass is 269 g/mol. The molecule has 1 fully saturated rings. The topological polar surface area (TPSA) is 42.2 Å². The first-order valence-electron chi connectivity index (χ1n) is 6.78. The number of nitrogens with one attached hydrogen (secondary N) is 1. The van der Waals surface area contributed by atoms with Gasteiger partial charge in [-0.2, -0.15) is 0 Å². The van der Waals surface area contributed by atoms with Crippen molar-refractivity contribution < 1.29 is 8.63 Å². The first-order valence-corrected chi connectivity index (χ1v) is 8.16. The van der Waals surface area contributed by atoms with Crippen molar-refractivity contribution >= 4 is 10.8 Å². The highest BCUT2D eigenvalue weighted by Gasteiger charge is 2.24. The molecule has 0 radical (unpaired) electrons. The summed E-state index contributed by atoms with van der Waals surface area (Å²) >= 11 is 0. The fourth-order valence-electron chi connectivity index (χ4n) is 2.64. The van der Waals surface area contributed by atoms with Gasteiger partial charge in [0, 0.05) is 16.0 Å². The third-order valence-electron chi connectivity index (χ3n) is 3.61. The fraction of sp³-hybridized carbons (Fsp3) is 0.714. The molecule has 1 aromatic rings. The Morgan fingerprint density at radius 2 is 2.17 bits per heavy atom. The molecule has 1 N–H and O–H groups in total. The van der Waals surface area contributed by atoms with E-state index in [0.29, 0.717) is 11.0 Å². The largest absolute Gasteiger partial charge is 0.464 e. The Morgan fingerprint density at radius 1 is 1.39 bits per heavy atom. The van der Waals surface area contributed by atoms with Crippen LogP contribution in [0.3, 0.4) is 0 Å². The van der Waals surface area contributed by atoms with Crippen LogP contribution < -0.4 is 5.32 Å². The summed E-state index contributed by atoms with van der Waals surface area (Å²) in [7, 11) is 1.11. The molecule has 18 heavy (non-hydrogen) atoms. The van der Waals surface area contributed by atoms with Crippen LogP contribution in [0.2, 0.25) is 0 Å². The first-order chi connectivity index (χ1) is 8.69. The van der Waals surface area contributed by atoms with E-state index < -0.39 is 10.8 Å². The summed E-state index contributed by atoms with van der Waals surface area (Å²) in [5.74, 6) is 3.07. The van der Waals surface area contributed by atoms with Gasteiger partial charge < -0.3 is 9.73 Å². The van der Waals surface area contributed by atoms with Crippen molar-refractivity contribution in [2.24, 2.45) is 5.92 Å². The second-order valence-corrected chi connectivity index (χ2v) is 7.03. The molecule has 0 aromatic carbocycles. The van der Waals surface area contributed by atoms with Crippen LogP contribution in [0.4, 0.5) is 0 Å². The maximum Gasteiger partial charge on any atom is 0.117 e. The molecule has 2 rings (SSSR count). The van der Waals surface area contributed by atoms with Gasteiger partial charge in [-0.15, -0.1) is 0 Å². The van der Waals surface area contributed by atoms with Crippen molar-refractivity contribution in [3.63, 3.8) is 0 Å². The molecule has 3 unspecified atom stereocenters. The molecular formula is C14H23NO2S. The second-order valence-electron chi connectivity index (χ2n) is 5.32. The van der Waals surface area contributed by atoms with E-state index in [9.17, 15) is 4.21 Å². The molecule has 1 aliphatic rings. The minimum atomic E-state index is -0.783. The van der Waals surface area contributed by atoms with E-state index in [1.807, 2.05) is 19.2 Å². The fourth-order valence-corrected chi connectivity index (χ4v) is 4.29. The van der Waals surface area contributed by atoms with Crippen molar-refractivity contribution in [3.05, 3.63) is 23.7 Å². The number of furan rings is 1. The van der Waals surface area contributed by atoms with Gasteiger partial charge in [-0.1, -0.05) is 19.8 Å². The molecule has 102 valence electrons. The van der Waals surface area contributed by atoms with Crippen molar-refractivity contribution in [3.8, 4) is 0 Å². The zero-order valence-electron chi connectivity index (χ0n) is 11.3. The Kier molecular flexibility index (Phi) is 5.01. The highest BCUT2D eigenvalue weighted by Crippen LogP contribution is 2.28. The summed E-state index contributed by atoms with van der Waals surface area (Å²) in [5, 5.41) is 3.42. The summed E-state index contributed by atoms with van der Waals surface area (Å²) < 4.78 is 18.0. The van der Waals surface area contributed by atoms with E-state index in [4.69, 9.17) is 4.42 Å². The normalized spacial score (nSPS) is 26.1. The van der Waals surface area contributed by atoms with Crippen LogP contribution in [0.25, 0.3) is 0 Å². The number of hydrogen-bond acceptors (Lipinski definition) is 3. The molecule has 1 heterocycles. The Labute approximate surface area is 112 Å². The minimum absolute atomic E-state index is 0.367. The summed E-state index contributed by atoms with van der Waals surface area (Å²) in [6, 6.07) is 3.92. The molecule has 0 spiro atoms. The van der Waals surface area contributed by atoms with Gasteiger partial charge in [0.25, 0.3) is 0 Å². The maximum absolute atomic E-state index is 12.3. The highest BCUT2D eigenvalue weighted by molar-refractivity contribution is 7.84. The van der Waals surface area contributed by atoms with Crippen LogP contribution in [0.1, 0.15) is 44.1 Å². The highest BCUT2D eigenvalue weighted by atomic mass is 32.2. The standard InChI is InChI=1S/C14H23NO2S/c1-11-4-3-5-14(8-11)18(16)10-13-7-6-12(17-13)9-15-2/h6-7,11,14-15H,3-5,8-10H2,1-2H3. The summed E-state index contributed by atoms with van der Waals surface area (Å²) in [5.41, 5.74) is 0. The van der Waals surface area contributed by atoms with Gasteiger partial charge in [0.15, 0.2) is 0 Å². The Hall–Kier alpha value is -0.610. The minimum Gasteiger partial charge on any atom is -0.464 e. The SMILES string of the molecule is CNCc1ccc(CS(=O)C2CCCC(C)C2)o1. The predicted molar refractivity (Wildman–Crippen MR) is 74.7 cm³/mol. The zero-order chi connectivity index (χ0) is 13.0. The molecule has 0 bridgehead atoms. The van der Waals surface area contributed by atoms with Crippen molar-refractivity contribution in [2.45, 2.75) is 50.2 Å². The van der Waals surface area contributed by atoms with Crippen molar-refractivity contribution in [2.75, 3.05) is 7.05 Å². The lowest BCUT2D eigenvalue weighted by atomic mass is 9.91. The molecule has 0 saturated heterocycles. The lowest BCUT2D eigenvalue weighted by Gasteiger charge is -2.25. The second kappa shape index (κ2) is 6.53. The summed E-state index contributed by atoms with van der Waals surface area (Å²) in [4.78, 5) is 0. The molecule has 4 heteroatoms. The van der Waals surface area contributed by atoms with Gasteiger partial charge in [0.05, 0.1) is 12.3 Å². The lowest BCUT2D eigenvalue weighted by molar-refractivity contribution is 0.388. The van der Waals surface area contributed by atoms with E-state index in [-0.39, 0.29) is 0 Å². The van der Waals surface area contributed by atoms with E-state index in [2.05, 4.69) is 12.2 Å². The predicted octanol–water partition coefficient (Wildman–Crippen LogP) is 2.83. The van der Waals surface area contributed by atoms with Crippen LogP contribution >= 0.6 is 0 Å². The number of hydrogen-bond donors (Lipinski definition) is 1. The van der Waals surface area contributed by atoms with E-state index >= 15 is 0 Å². The van der Waals surface area contributed by atoms with Crippen LogP contribution in [0, 0.1) is 5.92 Å².